The number of aryl methyl sites for hydroxylation is 3. The minimum absolute atomic E-state index is 0.0343. The fourth-order valence-electron chi connectivity index (χ4n) is 5.37. The van der Waals surface area contributed by atoms with E-state index in [-0.39, 0.29) is 5.75 Å². The van der Waals surface area contributed by atoms with Crippen molar-refractivity contribution in [3.63, 3.8) is 0 Å². The van der Waals surface area contributed by atoms with Crippen molar-refractivity contribution >= 4 is 32.2 Å². The van der Waals surface area contributed by atoms with Crippen LogP contribution in [0.4, 0.5) is 0 Å². The van der Waals surface area contributed by atoms with Gasteiger partial charge in [-0.1, -0.05) is 66.8 Å². The van der Waals surface area contributed by atoms with Crippen molar-refractivity contribution in [2.24, 2.45) is 0 Å². The first-order valence-corrected chi connectivity index (χ1v) is 15.6. The Kier molecular flexibility index (Phi) is 7.96. The molecule has 5 heteroatoms. The first kappa shape index (κ1) is 26.2. The van der Waals surface area contributed by atoms with Crippen molar-refractivity contribution in [1.82, 2.24) is 5.32 Å². The highest BCUT2D eigenvalue weighted by molar-refractivity contribution is 8.00. The summed E-state index contributed by atoms with van der Waals surface area (Å²) in [6, 6.07) is 14.9. The molecule has 0 saturated carbocycles. The Bertz CT molecular complexity index is 1580. The summed E-state index contributed by atoms with van der Waals surface area (Å²) in [6.45, 7) is 4.15. The number of nitrogens with one attached hydrogen (secondary N) is 1. The molecule has 0 fully saturated rings. The van der Waals surface area contributed by atoms with Crippen LogP contribution in [0.25, 0.3) is 22.1 Å². The zero-order valence-corrected chi connectivity index (χ0v) is 23.5. The van der Waals surface area contributed by atoms with E-state index in [1.165, 1.54) is 37.6 Å². The number of thiophene rings is 1. The normalized spacial score (nSPS) is 15.5. The fraction of sp³-hybridized carbons (Fsp3) is 0.212. The standard InChI is InChI=1S/C27H26O2S2.C6H7N/c1-18-17-21(19(2)30-18)8-6-16-31(28,29)27-11-5-10-23-25-13-12-20-7-3-4-9-22(20)24(25)14-15-26(23)27;1-2-4-6-7-5-3-1/h3-4,6-9,11,14-15,17H,5,10,12-13,16H2,1-2H3;1-7H. The number of benzene rings is 2. The molecule has 0 amide bonds. The van der Waals surface area contributed by atoms with Gasteiger partial charge in [0.25, 0.3) is 0 Å². The molecule has 3 aliphatic rings. The van der Waals surface area contributed by atoms with Crippen LogP contribution in [0, 0.1) is 13.8 Å². The predicted molar refractivity (Wildman–Crippen MR) is 163 cm³/mol. The number of allylic oxidation sites excluding steroid dienone is 5. The Morgan fingerprint density at radius 1 is 0.868 bits per heavy atom. The molecule has 2 aliphatic carbocycles. The van der Waals surface area contributed by atoms with E-state index in [9.17, 15) is 8.42 Å². The van der Waals surface area contributed by atoms with Crippen molar-refractivity contribution in [2.45, 2.75) is 39.5 Å². The van der Waals surface area contributed by atoms with E-state index < -0.39 is 9.84 Å². The van der Waals surface area contributed by atoms with Crippen LogP contribution in [0.5, 0.6) is 0 Å². The predicted octanol–water partition coefficient (Wildman–Crippen LogP) is 7.72. The first-order chi connectivity index (χ1) is 18.4. The van der Waals surface area contributed by atoms with Gasteiger partial charge in [-0.25, -0.2) is 8.42 Å². The molecule has 6 rings (SSSR count). The molecule has 0 unspecified atom stereocenters. The number of sulfone groups is 1. The molecule has 3 aromatic rings. The molecule has 3 nitrogen and oxygen atoms in total. The topological polar surface area (TPSA) is 46.2 Å². The highest BCUT2D eigenvalue weighted by atomic mass is 32.2. The highest BCUT2D eigenvalue weighted by Crippen LogP contribution is 2.41. The molecule has 1 aliphatic heterocycles. The number of fused-ring (bicyclic) bond motifs is 5. The lowest BCUT2D eigenvalue weighted by Crippen LogP contribution is -2.15. The summed E-state index contributed by atoms with van der Waals surface area (Å²) >= 11 is 1.74. The maximum absolute atomic E-state index is 13.3. The van der Waals surface area contributed by atoms with Gasteiger partial charge in [-0.3, -0.25) is 0 Å². The Morgan fingerprint density at radius 2 is 1.61 bits per heavy atom. The van der Waals surface area contributed by atoms with Crippen molar-refractivity contribution in [2.75, 3.05) is 5.75 Å². The maximum Gasteiger partial charge on any atom is 0.182 e. The monoisotopic (exact) mass is 539 g/mol. The molecule has 0 atom stereocenters. The molecular weight excluding hydrogens is 507 g/mol. The summed E-state index contributed by atoms with van der Waals surface area (Å²) in [5.41, 5.74) is 8.58. The van der Waals surface area contributed by atoms with Crippen LogP contribution in [0.3, 0.4) is 0 Å². The Morgan fingerprint density at radius 3 is 2.37 bits per heavy atom. The number of rotatable bonds is 4. The summed E-state index contributed by atoms with van der Waals surface area (Å²) in [5, 5.41) is 2.92. The lowest BCUT2D eigenvalue weighted by atomic mass is 9.79. The number of hydrogen-bond donors (Lipinski definition) is 1. The van der Waals surface area contributed by atoms with Gasteiger partial charge in [-0.2, -0.15) is 0 Å². The Hall–Kier alpha value is -3.41. The molecule has 0 radical (unpaired) electrons. The van der Waals surface area contributed by atoms with E-state index >= 15 is 0 Å². The summed E-state index contributed by atoms with van der Waals surface area (Å²) < 4.78 is 26.6. The van der Waals surface area contributed by atoms with E-state index in [2.05, 4.69) is 55.6 Å². The molecule has 1 aromatic heterocycles. The molecule has 2 heterocycles. The van der Waals surface area contributed by atoms with Gasteiger partial charge in [0.2, 0.25) is 0 Å². The third-order valence-electron chi connectivity index (χ3n) is 7.12. The van der Waals surface area contributed by atoms with Crippen LogP contribution >= 0.6 is 11.3 Å². The average Bonchev–Trinajstić information content (AvgIpc) is 3.10. The number of hydrogen-bond acceptors (Lipinski definition) is 4. The highest BCUT2D eigenvalue weighted by Gasteiger charge is 2.28. The van der Waals surface area contributed by atoms with Gasteiger partial charge in [0, 0.05) is 22.2 Å². The first-order valence-electron chi connectivity index (χ1n) is 13.1. The second kappa shape index (κ2) is 11.5. The molecule has 194 valence electrons. The van der Waals surface area contributed by atoms with Crippen molar-refractivity contribution in [1.29, 1.82) is 0 Å². The zero-order valence-electron chi connectivity index (χ0n) is 21.9. The van der Waals surface area contributed by atoms with Crippen molar-refractivity contribution < 1.29 is 8.42 Å². The average molecular weight is 540 g/mol. The van der Waals surface area contributed by atoms with E-state index in [1.54, 1.807) is 17.4 Å². The molecule has 2 aromatic carbocycles. The van der Waals surface area contributed by atoms with Gasteiger partial charge in [-0.15, -0.1) is 11.3 Å². The van der Waals surface area contributed by atoms with Crippen molar-refractivity contribution in [3.8, 4) is 11.1 Å². The summed E-state index contributed by atoms with van der Waals surface area (Å²) in [5.74, 6) is 0.0343. The SMILES string of the molecule is C1=CC=CNC=C1.Cc1cc(C=CCS(=O)(=O)C2=CCCc3c2ccc2c3CCc3ccccc3-2)c(C)s1. The van der Waals surface area contributed by atoms with Gasteiger partial charge < -0.3 is 5.32 Å². The van der Waals surface area contributed by atoms with Crippen LogP contribution < -0.4 is 5.32 Å². The zero-order chi connectivity index (χ0) is 26.5. The lowest BCUT2D eigenvalue weighted by molar-refractivity contribution is 0.608. The van der Waals surface area contributed by atoms with E-state index in [0.29, 0.717) is 4.91 Å². The van der Waals surface area contributed by atoms with Gasteiger partial charge in [0.15, 0.2) is 9.84 Å². The van der Waals surface area contributed by atoms with Crippen LogP contribution in [0.15, 0.2) is 91.3 Å². The van der Waals surface area contributed by atoms with E-state index in [4.69, 9.17) is 0 Å². The summed E-state index contributed by atoms with van der Waals surface area (Å²) in [7, 11) is -3.38. The van der Waals surface area contributed by atoms with Crippen LogP contribution in [0.2, 0.25) is 0 Å². The van der Waals surface area contributed by atoms with Crippen LogP contribution in [-0.2, 0) is 29.1 Å². The second-order valence-corrected chi connectivity index (χ2v) is 13.2. The quantitative estimate of drug-likeness (QED) is 0.369. The largest absolute Gasteiger partial charge is 0.368 e. The smallest absolute Gasteiger partial charge is 0.182 e. The lowest BCUT2D eigenvalue weighted by Gasteiger charge is -2.27. The minimum Gasteiger partial charge on any atom is -0.368 e. The molecule has 38 heavy (non-hydrogen) atoms. The molecule has 0 saturated heterocycles. The molecular formula is C33H33NO2S2. The van der Waals surface area contributed by atoms with Gasteiger partial charge >= 0.3 is 0 Å². The molecule has 0 bridgehead atoms. The van der Waals surface area contributed by atoms with Crippen LogP contribution in [0.1, 0.15) is 44.0 Å². The van der Waals surface area contributed by atoms with Gasteiger partial charge in [0.1, 0.15) is 0 Å². The Labute approximate surface area is 230 Å². The fourth-order valence-corrected chi connectivity index (χ4v) is 7.71. The summed E-state index contributed by atoms with van der Waals surface area (Å²) in [4.78, 5) is 2.98. The third kappa shape index (κ3) is 5.69. The molecule has 0 spiro atoms. The van der Waals surface area contributed by atoms with Gasteiger partial charge in [0.05, 0.1) is 10.7 Å². The van der Waals surface area contributed by atoms with Crippen LogP contribution in [-0.4, -0.2) is 14.2 Å². The third-order valence-corrected chi connectivity index (χ3v) is 9.79. The van der Waals surface area contributed by atoms with E-state index in [1.807, 2.05) is 54.9 Å². The van der Waals surface area contributed by atoms with Crippen molar-refractivity contribution in [3.05, 3.63) is 129 Å². The Balaban J connectivity index is 0.000000366. The second-order valence-electron chi connectivity index (χ2n) is 9.70. The molecule has 1 N–H and O–H groups in total. The van der Waals surface area contributed by atoms with Gasteiger partial charge in [-0.05, 0) is 96.7 Å². The summed E-state index contributed by atoms with van der Waals surface area (Å²) in [6.07, 6.45) is 21.0. The minimum atomic E-state index is -3.38. The van der Waals surface area contributed by atoms with E-state index in [0.717, 1.165) is 36.8 Å². The maximum atomic E-state index is 13.3.